The first-order chi connectivity index (χ1) is 25.2. The molecule has 0 radical (unpaired) electrons. The molecule has 244 valence electrons. The van der Waals surface area contributed by atoms with Gasteiger partial charge in [0.15, 0.2) is 0 Å². The van der Waals surface area contributed by atoms with Crippen LogP contribution in [0.15, 0.2) is 200 Å². The van der Waals surface area contributed by atoms with Gasteiger partial charge >= 0.3 is 0 Å². The minimum atomic E-state index is 0.147. The minimum Gasteiger partial charge on any atom is -0.506 e. The highest BCUT2D eigenvalue weighted by molar-refractivity contribution is 5.91. The summed E-state index contributed by atoms with van der Waals surface area (Å²) in [5.74, 6) is 0.793. The number of rotatable bonds is 9. The fourth-order valence-corrected chi connectivity index (χ4v) is 6.43. The molecule has 6 aromatic carbocycles. The van der Waals surface area contributed by atoms with E-state index in [1.807, 2.05) is 91.1 Å². The molecule has 0 amide bonds. The Balaban J connectivity index is 1.41. The number of nitrogens with zero attached hydrogens (tertiary/aromatic N) is 4. The third-order valence-corrected chi connectivity index (χ3v) is 8.78. The highest BCUT2D eigenvalue weighted by atomic mass is 16.3. The second-order valence-electron chi connectivity index (χ2n) is 12.1. The van der Waals surface area contributed by atoms with Gasteiger partial charge in [0.2, 0.25) is 0 Å². The molecule has 0 aliphatic carbocycles. The Morgan fingerprint density at radius 1 is 0.392 bits per heavy atom. The Morgan fingerprint density at radius 3 is 1.63 bits per heavy atom. The second kappa shape index (κ2) is 14.2. The van der Waals surface area contributed by atoms with E-state index in [4.69, 9.17) is 4.98 Å². The first-order valence-corrected chi connectivity index (χ1v) is 16.9. The van der Waals surface area contributed by atoms with Crippen LogP contribution in [0.5, 0.6) is 5.75 Å². The van der Waals surface area contributed by atoms with Crippen molar-refractivity contribution in [2.75, 3.05) is 9.80 Å². The maximum atomic E-state index is 11.5. The molecule has 0 unspecified atom stereocenters. The van der Waals surface area contributed by atoms with Crippen molar-refractivity contribution in [3.63, 3.8) is 0 Å². The van der Waals surface area contributed by atoms with Crippen molar-refractivity contribution in [1.29, 1.82) is 0 Å². The number of hydrogen-bond acceptors (Lipinski definition) is 5. The van der Waals surface area contributed by atoms with E-state index in [0.29, 0.717) is 11.5 Å². The molecule has 2 aromatic heterocycles. The predicted octanol–water partition coefficient (Wildman–Crippen LogP) is 12.1. The van der Waals surface area contributed by atoms with E-state index < -0.39 is 0 Å². The smallest absolute Gasteiger partial charge is 0.140 e. The lowest BCUT2D eigenvalue weighted by molar-refractivity contribution is 0.476. The largest absolute Gasteiger partial charge is 0.506 e. The van der Waals surface area contributed by atoms with Crippen LogP contribution in [0.25, 0.3) is 33.6 Å². The van der Waals surface area contributed by atoms with Crippen molar-refractivity contribution in [2.24, 2.45) is 0 Å². The summed E-state index contributed by atoms with van der Waals surface area (Å²) in [6.07, 6.45) is 1.81. The van der Waals surface area contributed by atoms with Crippen LogP contribution in [0.4, 0.5) is 34.3 Å². The number of pyridine rings is 2. The van der Waals surface area contributed by atoms with Gasteiger partial charge in [0, 0.05) is 40.3 Å². The zero-order chi connectivity index (χ0) is 34.4. The van der Waals surface area contributed by atoms with Crippen molar-refractivity contribution in [2.45, 2.75) is 0 Å². The van der Waals surface area contributed by atoms with Gasteiger partial charge in [-0.25, -0.2) is 4.98 Å². The maximum absolute atomic E-state index is 11.5. The molecule has 8 rings (SSSR count). The Labute approximate surface area is 298 Å². The highest BCUT2D eigenvalue weighted by Gasteiger charge is 2.24. The second-order valence-corrected chi connectivity index (χ2v) is 12.1. The van der Waals surface area contributed by atoms with E-state index in [1.54, 1.807) is 6.07 Å². The molecule has 0 aliphatic heterocycles. The van der Waals surface area contributed by atoms with Crippen LogP contribution in [0.2, 0.25) is 0 Å². The minimum absolute atomic E-state index is 0.147. The van der Waals surface area contributed by atoms with Crippen LogP contribution in [0.3, 0.4) is 0 Å². The Bertz CT molecular complexity index is 2340. The molecule has 0 saturated heterocycles. The van der Waals surface area contributed by atoms with Crippen LogP contribution in [-0.4, -0.2) is 15.1 Å². The van der Waals surface area contributed by atoms with Gasteiger partial charge in [-0.05, 0) is 72.3 Å². The normalized spacial score (nSPS) is 10.8. The van der Waals surface area contributed by atoms with Crippen LogP contribution < -0.4 is 9.80 Å². The summed E-state index contributed by atoms with van der Waals surface area (Å²) in [6.45, 7) is 0. The lowest BCUT2D eigenvalue weighted by Crippen LogP contribution is -2.16. The van der Waals surface area contributed by atoms with E-state index in [0.717, 1.165) is 56.4 Å². The molecule has 0 spiro atoms. The van der Waals surface area contributed by atoms with Crippen molar-refractivity contribution in [3.8, 4) is 39.4 Å². The van der Waals surface area contributed by atoms with Gasteiger partial charge < -0.3 is 10.0 Å². The van der Waals surface area contributed by atoms with Crippen molar-refractivity contribution < 1.29 is 5.11 Å². The van der Waals surface area contributed by atoms with Crippen LogP contribution in [0.1, 0.15) is 0 Å². The van der Waals surface area contributed by atoms with Crippen molar-refractivity contribution in [3.05, 3.63) is 200 Å². The van der Waals surface area contributed by atoms with Crippen molar-refractivity contribution in [1.82, 2.24) is 9.97 Å². The molecule has 0 bridgehead atoms. The third kappa shape index (κ3) is 6.56. The number of hydrogen-bond donors (Lipinski definition) is 1. The standard InChI is InChI=1S/C46H34N4O/c51-45-29-13-12-28-44(45)50(43-27-11-10-25-40(43)34-17-4-1-5-18-34)46-33-39(49(37-21-6-2-7-22-37)38-23-8-3-9-24-38)32-42(48-46)36-20-16-19-35(31-36)41-26-14-15-30-47-41/h1-33,51H. The van der Waals surface area contributed by atoms with E-state index in [1.165, 1.54) is 0 Å². The van der Waals surface area contributed by atoms with Crippen LogP contribution in [-0.2, 0) is 0 Å². The quantitative estimate of drug-likeness (QED) is 0.167. The molecule has 51 heavy (non-hydrogen) atoms. The summed E-state index contributed by atoms with van der Waals surface area (Å²) >= 11 is 0. The van der Waals surface area contributed by atoms with Crippen LogP contribution >= 0.6 is 0 Å². The van der Waals surface area contributed by atoms with Crippen LogP contribution in [0, 0.1) is 0 Å². The summed E-state index contributed by atoms with van der Waals surface area (Å²) in [7, 11) is 0. The van der Waals surface area contributed by atoms with Gasteiger partial charge in [-0.2, -0.15) is 0 Å². The first-order valence-electron chi connectivity index (χ1n) is 16.9. The van der Waals surface area contributed by atoms with E-state index in [9.17, 15) is 5.11 Å². The zero-order valence-corrected chi connectivity index (χ0v) is 27.8. The van der Waals surface area contributed by atoms with Gasteiger partial charge in [0.1, 0.15) is 11.6 Å². The lowest BCUT2D eigenvalue weighted by Gasteiger charge is -2.30. The fourth-order valence-electron chi connectivity index (χ4n) is 6.43. The maximum Gasteiger partial charge on any atom is 0.140 e. The SMILES string of the molecule is Oc1ccccc1N(c1cc(N(c2ccccc2)c2ccccc2)cc(-c2cccc(-c3ccccn3)c2)n1)c1ccccc1-c1ccccc1. The van der Waals surface area contributed by atoms with Gasteiger partial charge in [0.05, 0.1) is 28.5 Å². The average molecular weight is 659 g/mol. The zero-order valence-electron chi connectivity index (χ0n) is 27.8. The highest BCUT2D eigenvalue weighted by Crippen LogP contribution is 2.46. The molecule has 0 saturated carbocycles. The predicted molar refractivity (Wildman–Crippen MR) is 209 cm³/mol. The van der Waals surface area contributed by atoms with E-state index in [2.05, 4.69) is 118 Å². The van der Waals surface area contributed by atoms with E-state index >= 15 is 0 Å². The van der Waals surface area contributed by atoms with Gasteiger partial charge in [-0.1, -0.05) is 121 Å². The third-order valence-electron chi connectivity index (χ3n) is 8.78. The number of anilines is 6. The molecule has 0 fully saturated rings. The molecule has 5 heteroatoms. The van der Waals surface area contributed by atoms with Crippen molar-refractivity contribution >= 4 is 34.3 Å². The number of phenols is 1. The molecule has 0 atom stereocenters. The Hall–Kier alpha value is -6.98. The molecular formula is C46H34N4O. The molecular weight excluding hydrogens is 625 g/mol. The topological polar surface area (TPSA) is 52.5 Å². The average Bonchev–Trinajstić information content (AvgIpc) is 3.20. The van der Waals surface area contributed by atoms with Gasteiger partial charge in [-0.3, -0.25) is 9.88 Å². The number of benzene rings is 6. The van der Waals surface area contributed by atoms with Gasteiger partial charge in [0.25, 0.3) is 0 Å². The summed E-state index contributed by atoms with van der Waals surface area (Å²) in [6, 6.07) is 65.2. The summed E-state index contributed by atoms with van der Waals surface area (Å²) in [4.78, 5) is 14.3. The molecule has 0 aliphatic rings. The summed E-state index contributed by atoms with van der Waals surface area (Å²) in [5, 5.41) is 11.5. The first kappa shape index (κ1) is 31.3. The number of aromatic hydroxyl groups is 1. The number of para-hydroxylation sites is 5. The van der Waals surface area contributed by atoms with Gasteiger partial charge in [-0.15, -0.1) is 0 Å². The summed E-state index contributed by atoms with van der Waals surface area (Å²) in [5.41, 5.74) is 10.1. The number of phenolic OH excluding ortho intramolecular Hbond substituents is 1. The number of aromatic nitrogens is 2. The molecule has 8 aromatic rings. The Kier molecular flexibility index (Phi) is 8.74. The monoisotopic (exact) mass is 658 g/mol. The lowest BCUT2D eigenvalue weighted by atomic mass is 10.0. The van der Waals surface area contributed by atoms with E-state index in [-0.39, 0.29) is 5.75 Å². The molecule has 1 N–H and O–H groups in total. The Morgan fingerprint density at radius 2 is 0.961 bits per heavy atom. The molecule has 2 heterocycles. The summed E-state index contributed by atoms with van der Waals surface area (Å²) < 4.78 is 0. The molecule has 5 nitrogen and oxygen atoms in total. The fraction of sp³-hybridized carbons (Fsp3) is 0.